The summed E-state index contributed by atoms with van der Waals surface area (Å²) in [6.07, 6.45) is 4.44. The van der Waals surface area contributed by atoms with Crippen LogP contribution >= 0.6 is 15.9 Å². The van der Waals surface area contributed by atoms with E-state index < -0.39 is 6.10 Å². The van der Waals surface area contributed by atoms with Gasteiger partial charge in [0.05, 0.1) is 12.7 Å². The number of halogens is 1. The molecule has 3 nitrogen and oxygen atoms in total. The summed E-state index contributed by atoms with van der Waals surface area (Å²) in [4.78, 5) is 2.43. The van der Waals surface area contributed by atoms with E-state index in [0.29, 0.717) is 12.6 Å². The molecule has 1 heterocycles. The Labute approximate surface area is 130 Å². The quantitative estimate of drug-likeness (QED) is 0.885. The van der Waals surface area contributed by atoms with E-state index in [9.17, 15) is 5.11 Å². The van der Waals surface area contributed by atoms with Gasteiger partial charge in [-0.25, -0.2) is 0 Å². The van der Waals surface area contributed by atoms with Crippen LogP contribution in [-0.4, -0.2) is 36.2 Å². The highest BCUT2D eigenvalue weighted by Crippen LogP contribution is 2.29. The summed E-state index contributed by atoms with van der Waals surface area (Å²) in [7, 11) is 2.20. The van der Waals surface area contributed by atoms with Gasteiger partial charge in [-0.05, 0) is 58.0 Å². The molecule has 2 rings (SSSR count). The van der Waals surface area contributed by atoms with Gasteiger partial charge >= 0.3 is 0 Å². The molecule has 1 fully saturated rings. The van der Waals surface area contributed by atoms with Crippen LogP contribution in [0.25, 0.3) is 0 Å². The third kappa shape index (κ3) is 4.21. The maximum absolute atomic E-state index is 9.81. The Morgan fingerprint density at radius 2 is 2.25 bits per heavy atom. The molecular formula is C16H24BrNO2. The van der Waals surface area contributed by atoms with E-state index in [4.69, 9.17) is 4.74 Å². The minimum Gasteiger partial charge on any atom is -0.493 e. The first-order valence-corrected chi connectivity index (χ1v) is 8.18. The van der Waals surface area contributed by atoms with Gasteiger partial charge in [-0.15, -0.1) is 0 Å². The van der Waals surface area contributed by atoms with Crippen LogP contribution in [-0.2, 0) is 0 Å². The van der Waals surface area contributed by atoms with Crippen LogP contribution < -0.4 is 4.74 Å². The van der Waals surface area contributed by atoms with Crippen molar-refractivity contribution in [3.63, 3.8) is 0 Å². The van der Waals surface area contributed by atoms with Crippen molar-refractivity contribution in [3.8, 4) is 5.75 Å². The lowest BCUT2D eigenvalue weighted by atomic mass is 10.0. The fraction of sp³-hybridized carbons (Fsp3) is 0.625. The highest BCUT2D eigenvalue weighted by molar-refractivity contribution is 9.10. The first-order valence-electron chi connectivity index (χ1n) is 7.38. The Hall–Kier alpha value is -0.580. The Kier molecular flexibility index (Phi) is 5.87. The third-order valence-electron chi connectivity index (χ3n) is 4.05. The first-order chi connectivity index (χ1) is 9.58. The van der Waals surface area contributed by atoms with Gasteiger partial charge in [-0.2, -0.15) is 0 Å². The van der Waals surface area contributed by atoms with Crippen LogP contribution in [0.5, 0.6) is 5.75 Å². The predicted octanol–water partition coefficient (Wildman–Crippen LogP) is 3.76. The average Bonchev–Trinajstić information content (AvgIpc) is 2.42. The monoisotopic (exact) mass is 341 g/mol. The van der Waals surface area contributed by atoms with Crippen molar-refractivity contribution in [3.05, 3.63) is 28.2 Å². The Morgan fingerprint density at radius 3 is 2.95 bits per heavy atom. The summed E-state index contributed by atoms with van der Waals surface area (Å²) < 4.78 is 6.86. The number of aliphatic hydroxyl groups excluding tert-OH is 1. The molecule has 2 atom stereocenters. The van der Waals surface area contributed by atoms with Crippen molar-refractivity contribution < 1.29 is 9.84 Å². The van der Waals surface area contributed by atoms with Crippen LogP contribution in [0.1, 0.15) is 44.3 Å². The van der Waals surface area contributed by atoms with Crippen molar-refractivity contribution in [2.75, 3.05) is 20.2 Å². The maximum atomic E-state index is 9.81. The molecule has 0 aliphatic carbocycles. The second-order valence-corrected chi connectivity index (χ2v) is 6.54. The molecule has 1 aromatic carbocycles. The van der Waals surface area contributed by atoms with Crippen molar-refractivity contribution in [1.29, 1.82) is 0 Å². The molecule has 1 aromatic rings. The molecule has 112 valence electrons. The molecule has 1 aliphatic rings. The van der Waals surface area contributed by atoms with E-state index in [-0.39, 0.29) is 0 Å². The average molecular weight is 342 g/mol. The predicted molar refractivity (Wildman–Crippen MR) is 85.2 cm³/mol. The van der Waals surface area contributed by atoms with Crippen molar-refractivity contribution in [2.24, 2.45) is 0 Å². The Bertz CT molecular complexity index is 436. The Morgan fingerprint density at radius 1 is 1.45 bits per heavy atom. The van der Waals surface area contributed by atoms with Crippen molar-refractivity contribution in [2.45, 2.75) is 44.8 Å². The number of likely N-dealkylation sites (tertiary alicyclic amines) is 1. The second kappa shape index (κ2) is 7.43. The summed E-state index contributed by atoms with van der Waals surface area (Å²) in [5.41, 5.74) is 0.844. The van der Waals surface area contributed by atoms with E-state index in [1.54, 1.807) is 6.92 Å². The molecule has 0 spiro atoms. The van der Waals surface area contributed by atoms with Gasteiger partial charge in [0.15, 0.2) is 0 Å². The number of ether oxygens (including phenoxy) is 1. The first kappa shape index (κ1) is 15.8. The molecule has 4 heteroatoms. The zero-order chi connectivity index (χ0) is 14.5. The molecule has 1 N–H and O–H groups in total. The molecule has 0 radical (unpaired) electrons. The number of piperidine rings is 1. The van der Waals surface area contributed by atoms with Crippen LogP contribution in [0.4, 0.5) is 0 Å². The Balaban J connectivity index is 1.90. The minimum absolute atomic E-state index is 0.514. The third-order valence-corrected chi connectivity index (χ3v) is 4.55. The van der Waals surface area contributed by atoms with Gasteiger partial charge in [0.25, 0.3) is 0 Å². The highest BCUT2D eigenvalue weighted by Gasteiger charge is 2.19. The molecule has 1 aliphatic heterocycles. The number of hydrogen-bond donors (Lipinski definition) is 1. The van der Waals surface area contributed by atoms with E-state index in [1.807, 2.05) is 18.2 Å². The molecule has 0 amide bonds. The lowest BCUT2D eigenvalue weighted by Crippen LogP contribution is -2.37. The summed E-state index contributed by atoms with van der Waals surface area (Å²) >= 11 is 3.43. The minimum atomic E-state index is -0.514. The van der Waals surface area contributed by atoms with Crippen LogP contribution in [0.3, 0.4) is 0 Å². The number of hydrogen-bond acceptors (Lipinski definition) is 3. The van der Waals surface area contributed by atoms with Crippen LogP contribution in [0.2, 0.25) is 0 Å². The van der Waals surface area contributed by atoms with E-state index >= 15 is 0 Å². The summed E-state index contributed by atoms with van der Waals surface area (Å²) in [5.74, 6) is 0.793. The molecule has 1 saturated heterocycles. The highest BCUT2D eigenvalue weighted by atomic mass is 79.9. The zero-order valence-corrected chi connectivity index (χ0v) is 13.9. The molecule has 20 heavy (non-hydrogen) atoms. The smallest absolute Gasteiger partial charge is 0.125 e. The van der Waals surface area contributed by atoms with Crippen LogP contribution in [0.15, 0.2) is 22.7 Å². The lowest BCUT2D eigenvalue weighted by Gasteiger charge is -2.32. The standard InChI is InChI=1S/C16H24BrNO2/c1-12(19)15-11-13(17)6-7-16(15)20-10-8-14-5-3-4-9-18(14)2/h6-7,11-12,14,19H,3-5,8-10H2,1-2H3/t12-,14?/m1/s1. The molecule has 0 saturated carbocycles. The summed E-state index contributed by atoms with van der Waals surface area (Å²) in [6.45, 7) is 3.67. The van der Waals surface area contributed by atoms with Gasteiger partial charge in [0.1, 0.15) is 5.75 Å². The van der Waals surface area contributed by atoms with E-state index in [0.717, 1.165) is 22.2 Å². The van der Waals surface area contributed by atoms with Gasteiger partial charge in [0, 0.05) is 16.1 Å². The summed E-state index contributed by atoms with van der Waals surface area (Å²) in [5, 5.41) is 9.81. The molecule has 0 bridgehead atoms. The van der Waals surface area contributed by atoms with Gasteiger partial charge < -0.3 is 14.7 Å². The van der Waals surface area contributed by atoms with E-state index in [2.05, 4.69) is 27.9 Å². The fourth-order valence-corrected chi connectivity index (χ4v) is 3.17. The van der Waals surface area contributed by atoms with Gasteiger partial charge in [0.2, 0.25) is 0 Å². The van der Waals surface area contributed by atoms with Gasteiger partial charge in [-0.1, -0.05) is 22.4 Å². The molecule has 0 aromatic heterocycles. The SMILES string of the molecule is C[C@@H](O)c1cc(Br)ccc1OCCC1CCCCN1C. The maximum Gasteiger partial charge on any atom is 0.125 e. The van der Waals surface area contributed by atoms with Crippen molar-refractivity contribution in [1.82, 2.24) is 4.90 Å². The topological polar surface area (TPSA) is 32.7 Å². The number of nitrogens with zero attached hydrogens (tertiary/aromatic N) is 1. The lowest BCUT2D eigenvalue weighted by molar-refractivity contribution is 0.149. The largest absolute Gasteiger partial charge is 0.493 e. The molecular weight excluding hydrogens is 318 g/mol. The number of rotatable bonds is 5. The summed E-state index contributed by atoms with van der Waals surface area (Å²) in [6, 6.07) is 6.44. The zero-order valence-electron chi connectivity index (χ0n) is 12.3. The number of aliphatic hydroxyl groups is 1. The van der Waals surface area contributed by atoms with Crippen LogP contribution in [0, 0.1) is 0 Å². The molecule has 1 unspecified atom stereocenters. The number of benzene rings is 1. The second-order valence-electron chi connectivity index (χ2n) is 5.63. The van der Waals surface area contributed by atoms with Gasteiger partial charge in [-0.3, -0.25) is 0 Å². The normalized spacial score (nSPS) is 21.7. The van der Waals surface area contributed by atoms with E-state index in [1.165, 1.54) is 25.8 Å². The van der Waals surface area contributed by atoms with Crippen molar-refractivity contribution >= 4 is 15.9 Å². The fourth-order valence-electron chi connectivity index (χ4n) is 2.79.